The molecule has 0 unspecified atom stereocenters. The number of carboxylic acids is 1. The number of nitrogens with zero attached hydrogens (tertiary/aromatic N) is 1. The molecule has 0 spiro atoms. The minimum Gasteiger partial charge on any atom is -0.478 e. The first-order valence-electron chi connectivity index (χ1n) is 6.50. The molecule has 1 aromatic carbocycles. The van der Waals surface area contributed by atoms with Crippen molar-refractivity contribution >= 4 is 17.7 Å². The first kappa shape index (κ1) is 13.6. The van der Waals surface area contributed by atoms with Crippen LogP contribution in [0.15, 0.2) is 24.3 Å². The van der Waals surface area contributed by atoms with Gasteiger partial charge in [0, 0.05) is 24.9 Å². The minimum atomic E-state index is -1.03. The summed E-state index contributed by atoms with van der Waals surface area (Å²) < 4.78 is 13.6. The number of anilines is 1. The van der Waals surface area contributed by atoms with Crippen LogP contribution in [0.5, 0.6) is 0 Å². The number of rotatable bonds is 4. The second-order valence-electron chi connectivity index (χ2n) is 4.96. The third-order valence-electron chi connectivity index (χ3n) is 3.60. The summed E-state index contributed by atoms with van der Waals surface area (Å²) in [5.41, 5.74) is 1.37. The van der Waals surface area contributed by atoms with Crippen LogP contribution in [-0.4, -0.2) is 24.2 Å². The highest BCUT2D eigenvalue weighted by Gasteiger charge is 2.20. The Labute approximate surface area is 112 Å². The SMILES string of the molecule is CN(c1cc(F)cc(/C=C/C(=O)O)c1)C1CCCC1. The van der Waals surface area contributed by atoms with Crippen LogP contribution in [0.4, 0.5) is 10.1 Å². The van der Waals surface area contributed by atoms with E-state index < -0.39 is 5.97 Å². The molecule has 1 saturated carbocycles. The van der Waals surface area contributed by atoms with Gasteiger partial charge in [-0.25, -0.2) is 9.18 Å². The van der Waals surface area contributed by atoms with Crippen LogP contribution in [0, 0.1) is 5.82 Å². The quantitative estimate of drug-likeness (QED) is 0.847. The van der Waals surface area contributed by atoms with Crippen molar-refractivity contribution in [1.29, 1.82) is 0 Å². The monoisotopic (exact) mass is 263 g/mol. The maximum atomic E-state index is 13.6. The average Bonchev–Trinajstić information content (AvgIpc) is 2.88. The molecule has 1 aliphatic carbocycles. The van der Waals surface area contributed by atoms with Crippen LogP contribution in [0.2, 0.25) is 0 Å². The second-order valence-corrected chi connectivity index (χ2v) is 4.96. The fraction of sp³-hybridized carbons (Fsp3) is 0.400. The van der Waals surface area contributed by atoms with Gasteiger partial charge in [-0.2, -0.15) is 0 Å². The first-order chi connectivity index (χ1) is 9.06. The Bertz CT molecular complexity index is 493. The van der Waals surface area contributed by atoms with Gasteiger partial charge in [-0.3, -0.25) is 0 Å². The molecule has 0 aromatic heterocycles. The predicted molar refractivity (Wildman–Crippen MR) is 73.7 cm³/mol. The summed E-state index contributed by atoms with van der Waals surface area (Å²) in [6, 6.07) is 5.11. The van der Waals surface area contributed by atoms with Gasteiger partial charge in [-0.05, 0) is 42.7 Å². The zero-order valence-corrected chi connectivity index (χ0v) is 11.0. The fourth-order valence-corrected chi connectivity index (χ4v) is 2.57. The molecule has 1 aromatic rings. The van der Waals surface area contributed by atoms with Crippen LogP contribution in [0.1, 0.15) is 31.2 Å². The summed E-state index contributed by atoms with van der Waals surface area (Å²) in [6.45, 7) is 0. The van der Waals surface area contributed by atoms with E-state index in [0.29, 0.717) is 11.6 Å². The highest BCUT2D eigenvalue weighted by molar-refractivity contribution is 5.85. The molecule has 2 rings (SSSR count). The fourth-order valence-electron chi connectivity index (χ4n) is 2.57. The van der Waals surface area contributed by atoms with E-state index in [0.717, 1.165) is 24.6 Å². The number of halogens is 1. The molecule has 0 heterocycles. The van der Waals surface area contributed by atoms with Crippen LogP contribution >= 0.6 is 0 Å². The molecule has 0 radical (unpaired) electrons. The van der Waals surface area contributed by atoms with Crippen molar-refractivity contribution in [1.82, 2.24) is 0 Å². The van der Waals surface area contributed by atoms with Gasteiger partial charge < -0.3 is 10.0 Å². The third-order valence-corrected chi connectivity index (χ3v) is 3.60. The lowest BCUT2D eigenvalue weighted by molar-refractivity contribution is -0.131. The second kappa shape index (κ2) is 5.87. The van der Waals surface area contributed by atoms with E-state index in [4.69, 9.17) is 5.11 Å². The van der Waals surface area contributed by atoms with Crippen molar-refractivity contribution in [3.63, 3.8) is 0 Å². The lowest BCUT2D eigenvalue weighted by Crippen LogP contribution is -2.28. The molecule has 0 amide bonds. The Hall–Kier alpha value is -1.84. The maximum absolute atomic E-state index is 13.6. The molecule has 0 aliphatic heterocycles. The van der Waals surface area contributed by atoms with Crippen molar-refractivity contribution in [3.05, 3.63) is 35.7 Å². The van der Waals surface area contributed by atoms with E-state index in [1.807, 2.05) is 13.1 Å². The van der Waals surface area contributed by atoms with Gasteiger partial charge in [0.05, 0.1) is 0 Å². The molecule has 4 heteroatoms. The van der Waals surface area contributed by atoms with Crippen molar-refractivity contribution in [2.75, 3.05) is 11.9 Å². The van der Waals surface area contributed by atoms with Crippen molar-refractivity contribution in [3.8, 4) is 0 Å². The smallest absolute Gasteiger partial charge is 0.328 e. The van der Waals surface area contributed by atoms with Gasteiger partial charge >= 0.3 is 5.97 Å². The zero-order valence-electron chi connectivity index (χ0n) is 11.0. The molecular formula is C15H18FNO2. The van der Waals surface area contributed by atoms with Crippen LogP contribution in [0.25, 0.3) is 6.08 Å². The van der Waals surface area contributed by atoms with E-state index in [-0.39, 0.29) is 5.82 Å². The number of benzene rings is 1. The third kappa shape index (κ3) is 3.56. The summed E-state index contributed by atoms with van der Waals surface area (Å²) in [5, 5.41) is 8.60. The largest absolute Gasteiger partial charge is 0.478 e. The lowest BCUT2D eigenvalue weighted by atomic mass is 10.1. The number of carbonyl (C=O) groups is 1. The van der Waals surface area contributed by atoms with Gasteiger partial charge in [0.25, 0.3) is 0 Å². The molecule has 0 atom stereocenters. The number of carboxylic acid groups (broad SMARTS) is 1. The normalized spacial score (nSPS) is 16.1. The van der Waals surface area contributed by atoms with E-state index in [1.54, 1.807) is 0 Å². The van der Waals surface area contributed by atoms with E-state index >= 15 is 0 Å². The van der Waals surface area contributed by atoms with Gasteiger partial charge in [-0.1, -0.05) is 12.8 Å². The summed E-state index contributed by atoms with van der Waals surface area (Å²) in [4.78, 5) is 12.6. The minimum absolute atomic E-state index is 0.340. The van der Waals surface area contributed by atoms with E-state index in [2.05, 4.69) is 4.90 Å². The van der Waals surface area contributed by atoms with Crippen LogP contribution in [-0.2, 0) is 4.79 Å². The topological polar surface area (TPSA) is 40.5 Å². The average molecular weight is 263 g/mol. The summed E-state index contributed by atoms with van der Waals surface area (Å²) >= 11 is 0. The lowest BCUT2D eigenvalue weighted by Gasteiger charge is -2.26. The maximum Gasteiger partial charge on any atom is 0.328 e. The number of hydrogen-bond donors (Lipinski definition) is 1. The van der Waals surface area contributed by atoms with Gasteiger partial charge in [0.1, 0.15) is 5.82 Å². The molecule has 0 saturated heterocycles. The Morgan fingerprint density at radius 3 is 2.68 bits per heavy atom. The summed E-state index contributed by atoms with van der Waals surface area (Å²) in [7, 11) is 1.97. The van der Waals surface area contributed by atoms with Gasteiger partial charge in [0.15, 0.2) is 0 Å². The molecule has 1 fully saturated rings. The standard InChI is InChI=1S/C15H18FNO2/c1-17(13-4-2-3-5-13)14-9-11(6-7-15(18)19)8-12(16)10-14/h6-10,13H,2-5H2,1H3,(H,18,19)/b7-6+. The van der Waals surface area contributed by atoms with E-state index in [1.165, 1.54) is 31.1 Å². The van der Waals surface area contributed by atoms with Gasteiger partial charge in [-0.15, -0.1) is 0 Å². The highest BCUT2D eigenvalue weighted by atomic mass is 19.1. The molecule has 1 N–H and O–H groups in total. The molecular weight excluding hydrogens is 245 g/mol. The highest BCUT2D eigenvalue weighted by Crippen LogP contribution is 2.28. The van der Waals surface area contributed by atoms with Crippen LogP contribution < -0.4 is 4.90 Å². The van der Waals surface area contributed by atoms with Crippen molar-refractivity contribution < 1.29 is 14.3 Å². The van der Waals surface area contributed by atoms with E-state index in [9.17, 15) is 9.18 Å². The molecule has 0 bridgehead atoms. The first-order valence-corrected chi connectivity index (χ1v) is 6.50. The zero-order chi connectivity index (χ0) is 13.8. The van der Waals surface area contributed by atoms with Crippen LogP contribution in [0.3, 0.4) is 0 Å². The Morgan fingerprint density at radius 1 is 1.37 bits per heavy atom. The number of aliphatic carboxylic acids is 1. The molecule has 19 heavy (non-hydrogen) atoms. The Morgan fingerprint density at radius 2 is 2.05 bits per heavy atom. The molecule has 102 valence electrons. The molecule has 3 nitrogen and oxygen atoms in total. The summed E-state index contributed by atoms with van der Waals surface area (Å²) in [6.07, 6.45) is 7.14. The Balaban J connectivity index is 2.22. The van der Waals surface area contributed by atoms with Gasteiger partial charge in [0.2, 0.25) is 0 Å². The number of hydrogen-bond acceptors (Lipinski definition) is 2. The Kier molecular flexibility index (Phi) is 4.20. The van der Waals surface area contributed by atoms with Crippen molar-refractivity contribution in [2.45, 2.75) is 31.7 Å². The summed E-state index contributed by atoms with van der Waals surface area (Å²) in [5.74, 6) is -1.37. The predicted octanol–water partition coefficient (Wildman–Crippen LogP) is 3.30. The molecule has 1 aliphatic rings. The van der Waals surface area contributed by atoms with Crippen molar-refractivity contribution in [2.24, 2.45) is 0 Å².